The Hall–Kier alpha value is -0.540. The van der Waals surface area contributed by atoms with E-state index in [4.69, 9.17) is 5.73 Å². The third-order valence-corrected chi connectivity index (χ3v) is 2.36. The van der Waals surface area contributed by atoms with Crippen LogP contribution in [0.15, 0.2) is 22.7 Å². The number of phenolic OH excluding ortho intramolecular Hbond substituents is 1. The van der Waals surface area contributed by atoms with E-state index >= 15 is 0 Å². The summed E-state index contributed by atoms with van der Waals surface area (Å²) >= 11 is 3.36. The highest BCUT2D eigenvalue weighted by molar-refractivity contribution is 9.10. The van der Waals surface area contributed by atoms with Gasteiger partial charge in [0.2, 0.25) is 0 Å². The number of hydrogen-bond donors (Lipinski definition) is 2. The van der Waals surface area contributed by atoms with E-state index in [0.29, 0.717) is 12.2 Å². The van der Waals surface area contributed by atoms with Gasteiger partial charge in [-0.05, 0) is 25.5 Å². The Balaban J connectivity index is 2.96. The van der Waals surface area contributed by atoms with Gasteiger partial charge in [0.05, 0.1) is 0 Å². The Morgan fingerprint density at radius 3 is 2.75 bits per heavy atom. The van der Waals surface area contributed by atoms with Gasteiger partial charge in [0.15, 0.2) is 0 Å². The van der Waals surface area contributed by atoms with Crippen molar-refractivity contribution in [3.63, 3.8) is 0 Å². The summed E-state index contributed by atoms with van der Waals surface area (Å²) in [4.78, 5) is 0. The number of halogens is 1. The average molecular weight is 230 g/mol. The van der Waals surface area contributed by atoms with Crippen LogP contribution in [0.5, 0.6) is 5.75 Å². The topological polar surface area (TPSA) is 46.2 Å². The third-order valence-electron chi connectivity index (χ3n) is 1.62. The molecule has 66 valence electrons. The Morgan fingerprint density at radius 1 is 1.58 bits per heavy atom. The van der Waals surface area contributed by atoms with E-state index in [-0.39, 0.29) is 6.04 Å². The highest BCUT2D eigenvalue weighted by atomic mass is 79.9. The summed E-state index contributed by atoms with van der Waals surface area (Å²) in [5, 5.41) is 9.45. The second-order valence-electron chi connectivity index (χ2n) is 2.92. The average Bonchev–Trinajstić information content (AvgIpc) is 1.97. The zero-order valence-corrected chi connectivity index (χ0v) is 8.51. The lowest BCUT2D eigenvalue weighted by Crippen LogP contribution is -2.18. The summed E-state index contributed by atoms with van der Waals surface area (Å²) in [6, 6.07) is 5.43. The molecule has 3 heteroatoms. The Labute approximate surface area is 80.5 Å². The molecule has 3 N–H and O–H groups in total. The Kier molecular flexibility index (Phi) is 3.12. The Bertz CT molecular complexity index is 253. The fraction of sp³-hybridized carbons (Fsp3) is 0.333. The fourth-order valence-corrected chi connectivity index (χ4v) is 1.59. The van der Waals surface area contributed by atoms with E-state index in [0.717, 1.165) is 10.0 Å². The van der Waals surface area contributed by atoms with Crippen molar-refractivity contribution >= 4 is 15.9 Å². The van der Waals surface area contributed by atoms with Crippen LogP contribution < -0.4 is 5.73 Å². The van der Waals surface area contributed by atoms with Crippen LogP contribution in [0.1, 0.15) is 12.5 Å². The zero-order chi connectivity index (χ0) is 9.14. The van der Waals surface area contributed by atoms with Gasteiger partial charge in [0.1, 0.15) is 5.75 Å². The van der Waals surface area contributed by atoms with Gasteiger partial charge in [0.25, 0.3) is 0 Å². The number of phenols is 1. The first kappa shape index (κ1) is 9.55. The predicted octanol–water partition coefficient (Wildman–Crippen LogP) is 2.04. The third kappa shape index (κ3) is 2.22. The van der Waals surface area contributed by atoms with E-state index in [1.165, 1.54) is 0 Å². The maximum absolute atomic E-state index is 9.45. The second-order valence-corrected chi connectivity index (χ2v) is 3.77. The van der Waals surface area contributed by atoms with Crippen LogP contribution in [0.3, 0.4) is 0 Å². The molecule has 0 aliphatic carbocycles. The van der Waals surface area contributed by atoms with Gasteiger partial charge in [-0.25, -0.2) is 0 Å². The molecule has 0 fully saturated rings. The van der Waals surface area contributed by atoms with E-state index in [9.17, 15) is 5.11 Å². The number of benzene rings is 1. The van der Waals surface area contributed by atoms with E-state index in [1.54, 1.807) is 12.1 Å². The molecule has 0 amide bonds. The SMILES string of the molecule is C[C@H](N)Cc1c(O)cccc1Br. The van der Waals surface area contributed by atoms with Crippen LogP contribution in [-0.2, 0) is 6.42 Å². The van der Waals surface area contributed by atoms with Crippen LogP contribution in [0.2, 0.25) is 0 Å². The lowest BCUT2D eigenvalue weighted by Gasteiger charge is -2.08. The fourth-order valence-electron chi connectivity index (χ4n) is 1.07. The van der Waals surface area contributed by atoms with Crippen molar-refractivity contribution in [2.75, 3.05) is 0 Å². The first-order valence-electron chi connectivity index (χ1n) is 3.83. The molecule has 1 rings (SSSR count). The van der Waals surface area contributed by atoms with Crippen LogP contribution >= 0.6 is 15.9 Å². The quantitative estimate of drug-likeness (QED) is 0.816. The van der Waals surface area contributed by atoms with Gasteiger partial charge in [-0.1, -0.05) is 22.0 Å². The standard InChI is InChI=1S/C9H12BrNO/c1-6(11)5-7-8(10)3-2-4-9(7)12/h2-4,6,12H,5,11H2,1H3/t6-/m0/s1. The largest absolute Gasteiger partial charge is 0.508 e. The smallest absolute Gasteiger partial charge is 0.119 e. The summed E-state index contributed by atoms with van der Waals surface area (Å²) in [6.45, 7) is 1.92. The van der Waals surface area contributed by atoms with Gasteiger partial charge in [0, 0.05) is 16.1 Å². The number of hydrogen-bond acceptors (Lipinski definition) is 2. The van der Waals surface area contributed by atoms with Crippen LogP contribution in [-0.4, -0.2) is 11.1 Å². The van der Waals surface area contributed by atoms with Crippen molar-refractivity contribution in [3.05, 3.63) is 28.2 Å². The summed E-state index contributed by atoms with van der Waals surface area (Å²) in [7, 11) is 0. The van der Waals surface area contributed by atoms with Gasteiger partial charge in [-0.15, -0.1) is 0 Å². The minimum atomic E-state index is 0.0644. The zero-order valence-electron chi connectivity index (χ0n) is 6.92. The normalized spacial score (nSPS) is 12.9. The van der Waals surface area contributed by atoms with Gasteiger partial charge in [-0.2, -0.15) is 0 Å². The highest BCUT2D eigenvalue weighted by Gasteiger charge is 2.06. The van der Waals surface area contributed by atoms with Gasteiger partial charge >= 0.3 is 0 Å². The Morgan fingerprint density at radius 2 is 2.25 bits per heavy atom. The summed E-state index contributed by atoms with van der Waals surface area (Å²) in [5.74, 6) is 0.307. The molecule has 1 aromatic carbocycles. The highest BCUT2D eigenvalue weighted by Crippen LogP contribution is 2.26. The maximum Gasteiger partial charge on any atom is 0.119 e. The van der Waals surface area contributed by atoms with Crippen molar-refractivity contribution in [2.24, 2.45) is 5.73 Å². The number of aromatic hydroxyl groups is 1. The first-order chi connectivity index (χ1) is 5.61. The monoisotopic (exact) mass is 229 g/mol. The van der Waals surface area contributed by atoms with E-state index in [2.05, 4.69) is 15.9 Å². The lowest BCUT2D eigenvalue weighted by molar-refractivity contribution is 0.465. The molecule has 0 bridgehead atoms. The summed E-state index contributed by atoms with van der Waals surface area (Å²) in [6.07, 6.45) is 0.688. The lowest BCUT2D eigenvalue weighted by atomic mass is 10.1. The predicted molar refractivity (Wildman–Crippen MR) is 53.2 cm³/mol. The van der Waals surface area contributed by atoms with E-state index < -0.39 is 0 Å². The molecule has 0 aliphatic heterocycles. The molecule has 0 aromatic heterocycles. The maximum atomic E-state index is 9.45. The molecule has 0 saturated carbocycles. The van der Waals surface area contributed by atoms with Crippen LogP contribution in [0, 0.1) is 0 Å². The van der Waals surface area contributed by atoms with Gasteiger partial charge in [-0.3, -0.25) is 0 Å². The molecule has 12 heavy (non-hydrogen) atoms. The van der Waals surface area contributed by atoms with Crippen molar-refractivity contribution in [2.45, 2.75) is 19.4 Å². The first-order valence-corrected chi connectivity index (χ1v) is 4.62. The van der Waals surface area contributed by atoms with Crippen LogP contribution in [0.4, 0.5) is 0 Å². The number of rotatable bonds is 2. The van der Waals surface area contributed by atoms with Crippen molar-refractivity contribution in [3.8, 4) is 5.75 Å². The molecular formula is C9H12BrNO. The minimum Gasteiger partial charge on any atom is -0.508 e. The summed E-state index contributed by atoms with van der Waals surface area (Å²) in [5.41, 5.74) is 6.51. The molecule has 1 atom stereocenters. The van der Waals surface area contributed by atoms with Crippen LogP contribution in [0.25, 0.3) is 0 Å². The molecule has 0 saturated heterocycles. The second kappa shape index (κ2) is 3.92. The number of nitrogens with two attached hydrogens (primary N) is 1. The molecule has 0 unspecified atom stereocenters. The molecule has 0 heterocycles. The summed E-state index contributed by atoms with van der Waals surface area (Å²) < 4.78 is 0.916. The molecule has 0 radical (unpaired) electrons. The molecule has 0 spiro atoms. The molecule has 2 nitrogen and oxygen atoms in total. The molecular weight excluding hydrogens is 218 g/mol. The van der Waals surface area contributed by atoms with E-state index in [1.807, 2.05) is 13.0 Å². The minimum absolute atomic E-state index is 0.0644. The van der Waals surface area contributed by atoms with Crippen molar-refractivity contribution < 1.29 is 5.11 Å². The molecule has 0 aliphatic rings. The van der Waals surface area contributed by atoms with Gasteiger partial charge < -0.3 is 10.8 Å². The van der Waals surface area contributed by atoms with Crippen molar-refractivity contribution in [1.82, 2.24) is 0 Å². The molecule has 1 aromatic rings. The van der Waals surface area contributed by atoms with Crippen molar-refractivity contribution in [1.29, 1.82) is 0 Å².